The van der Waals surface area contributed by atoms with Crippen molar-refractivity contribution in [1.82, 2.24) is 20.4 Å². The molecule has 1 aliphatic heterocycles. The lowest BCUT2D eigenvalue weighted by Crippen LogP contribution is -2.44. The van der Waals surface area contributed by atoms with Gasteiger partial charge in [0.2, 0.25) is 0 Å². The van der Waals surface area contributed by atoms with Crippen LogP contribution in [0.4, 0.5) is 11.5 Å². The average Bonchev–Trinajstić information content (AvgIpc) is 3.46. The smallest absolute Gasteiger partial charge is 0.191 e. The molecule has 0 radical (unpaired) electrons. The van der Waals surface area contributed by atoms with E-state index in [9.17, 15) is 5.26 Å². The fourth-order valence-electron chi connectivity index (χ4n) is 4.14. The van der Waals surface area contributed by atoms with E-state index in [2.05, 4.69) is 56.0 Å². The largest absolute Gasteiger partial charge is 0.382 e. The molecule has 2 aromatic carbocycles. The molecule has 0 saturated carbocycles. The number of hydrogen-bond donors (Lipinski definition) is 3. The lowest BCUT2D eigenvalue weighted by molar-refractivity contribution is 0.641. The Kier molecular flexibility index (Phi) is 9.16. The first-order valence-corrected chi connectivity index (χ1v) is 11.3. The van der Waals surface area contributed by atoms with Crippen molar-refractivity contribution < 1.29 is 0 Å². The van der Waals surface area contributed by atoms with Gasteiger partial charge in [-0.05, 0) is 43.5 Å². The number of aryl methyl sites for hydroxylation is 1. The van der Waals surface area contributed by atoms with Crippen LogP contribution in [0.1, 0.15) is 24.1 Å². The summed E-state index contributed by atoms with van der Waals surface area (Å²) >= 11 is 0. The molecule has 0 aliphatic carbocycles. The van der Waals surface area contributed by atoms with Gasteiger partial charge in [-0.2, -0.15) is 10.4 Å². The summed E-state index contributed by atoms with van der Waals surface area (Å²) in [4.78, 5) is 6.76. The van der Waals surface area contributed by atoms with Crippen molar-refractivity contribution in [3.05, 3.63) is 71.9 Å². The maximum Gasteiger partial charge on any atom is 0.191 e. The first kappa shape index (κ1) is 25.4. The number of nitrogens with one attached hydrogen (secondary N) is 2. The quantitative estimate of drug-likeness (QED) is 0.174. The van der Waals surface area contributed by atoms with Crippen LogP contribution in [-0.4, -0.2) is 48.5 Å². The van der Waals surface area contributed by atoms with E-state index in [0.717, 1.165) is 49.8 Å². The molecular weight excluding hydrogens is 539 g/mol. The molecular formula is C25H31IN8. The zero-order valence-electron chi connectivity index (χ0n) is 19.3. The number of nitriles is 1. The normalized spacial score (nSPS) is 15.5. The van der Waals surface area contributed by atoms with Crippen molar-refractivity contribution >= 4 is 41.4 Å². The van der Waals surface area contributed by atoms with Crippen LogP contribution >= 0.6 is 24.0 Å². The lowest BCUT2D eigenvalue weighted by Gasteiger charge is -2.20. The molecule has 1 unspecified atom stereocenters. The Labute approximate surface area is 217 Å². The standard InChI is InChI=1S/C25H30N8.HI/c1-28-25(30-19-14-16-32(18-19)20-9-4-2-5-10-20)29-15-8-13-23-22(17-26)24(27)33(31-23)21-11-6-3-7-12-21;/h2-7,9-12,19H,8,13-16,18,27H2,1H3,(H2,28,29,30);1H. The predicted molar refractivity (Wildman–Crippen MR) is 148 cm³/mol. The van der Waals surface area contributed by atoms with Gasteiger partial charge in [0.15, 0.2) is 5.96 Å². The van der Waals surface area contributed by atoms with Crippen LogP contribution in [0.3, 0.4) is 0 Å². The molecule has 1 atom stereocenters. The summed E-state index contributed by atoms with van der Waals surface area (Å²) < 4.78 is 1.64. The number of para-hydroxylation sites is 2. The van der Waals surface area contributed by atoms with Crippen molar-refractivity contribution in [2.24, 2.45) is 4.99 Å². The van der Waals surface area contributed by atoms with E-state index in [1.54, 1.807) is 11.7 Å². The molecule has 0 spiro atoms. The summed E-state index contributed by atoms with van der Waals surface area (Å²) in [5.41, 5.74) is 9.47. The van der Waals surface area contributed by atoms with Gasteiger partial charge in [0, 0.05) is 38.4 Å². The van der Waals surface area contributed by atoms with Crippen molar-refractivity contribution in [3.63, 3.8) is 0 Å². The van der Waals surface area contributed by atoms with E-state index in [0.29, 0.717) is 23.8 Å². The van der Waals surface area contributed by atoms with Crippen LogP contribution in [0, 0.1) is 11.3 Å². The van der Waals surface area contributed by atoms with Crippen LogP contribution in [0.5, 0.6) is 0 Å². The molecule has 1 fully saturated rings. The zero-order chi connectivity index (χ0) is 23.0. The van der Waals surface area contributed by atoms with E-state index < -0.39 is 0 Å². The van der Waals surface area contributed by atoms with Crippen molar-refractivity contribution in [2.75, 3.05) is 37.3 Å². The predicted octanol–water partition coefficient (Wildman–Crippen LogP) is 3.32. The Morgan fingerprint density at radius 3 is 2.47 bits per heavy atom. The number of nitrogens with two attached hydrogens (primary N) is 1. The second-order valence-electron chi connectivity index (χ2n) is 8.08. The van der Waals surface area contributed by atoms with Crippen molar-refractivity contribution in [2.45, 2.75) is 25.3 Å². The van der Waals surface area contributed by atoms with E-state index in [1.807, 2.05) is 36.4 Å². The summed E-state index contributed by atoms with van der Waals surface area (Å²) in [7, 11) is 1.79. The number of nitrogens with zero attached hydrogens (tertiary/aromatic N) is 5. The molecule has 8 nitrogen and oxygen atoms in total. The minimum absolute atomic E-state index is 0. The maximum atomic E-state index is 9.57. The molecule has 9 heteroatoms. The molecule has 0 bridgehead atoms. The molecule has 3 aromatic rings. The molecule has 4 rings (SSSR count). The molecule has 1 aliphatic rings. The van der Waals surface area contributed by atoms with Gasteiger partial charge in [-0.3, -0.25) is 4.99 Å². The van der Waals surface area contributed by atoms with E-state index in [1.165, 1.54) is 5.69 Å². The zero-order valence-corrected chi connectivity index (χ0v) is 21.6. The first-order valence-electron chi connectivity index (χ1n) is 11.3. The van der Waals surface area contributed by atoms with Gasteiger partial charge >= 0.3 is 0 Å². The van der Waals surface area contributed by atoms with Crippen LogP contribution in [0.2, 0.25) is 0 Å². The number of hydrogen-bond acceptors (Lipinski definition) is 5. The van der Waals surface area contributed by atoms with Crippen molar-refractivity contribution in [1.29, 1.82) is 5.26 Å². The number of anilines is 2. The van der Waals surface area contributed by atoms with Crippen molar-refractivity contribution in [3.8, 4) is 11.8 Å². The molecule has 0 amide bonds. The fourth-order valence-corrected chi connectivity index (χ4v) is 4.14. The highest BCUT2D eigenvalue weighted by atomic mass is 127. The van der Waals surface area contributed by atoms with Gasteiger partial charge in [0.05, 0.1) is 11.4 Å². The summed E-state index contributed by atoms with van der Waals surface area (Å²) in [6.45, 7) is 2.70. The Hall–Kier alpha value is -3.26. The maximum absolute atomic E-state index is 9.57. The second-order valence-corrected chi connectivity index (χ2v) is 8.08. The highest BCUT2D eigenvalue weighted by molar-refractivity contribution is 14.0. The Balaban J connectivity index is 0.00000324. The third-order valence-electron chi connectivity index (χ3n) is 5.86. The Morgan fingerprint density at radius 1 is 1.15 bits per heavy atom. The topological polar surface area (TPSA) is 107 Å². The second kappa shape index (κ2) is 12.3. The van der Waals surface area contributed by atoms with Crippen LogP contribution in [-0.2, 0) is 6.42 Å². The SMILES string of the molecule is CN=C(NCCCc1nn(-c2ccccc2)c(N)c1C#N)NC1CCN(c2ccccc2)C1.I. The van der Waals surface area contributed by atoms with Gasteiger partial charge in [-0.15, -0.1) is 24.0 Å². The number of halogens is 1. The number of guanidine groups is 1. The Morgan fingerprint density at radius 2 is 1.82 bits per heavy atom. The fraction of sp³-hybridized carbons (Fsp3) is 0.320. The number of aromatic nitrogens is 2. The highest BCUT2D eigenvalue weighted by Crippen LogP contribution is 2.22. The molecule has 34 heavy (non-hydrogen) atoms. The number of benzene rings is 2. The minimum Gasteiger partial charge on any atom is -0.382 e. The first-order chi connectivity index (χ1) is 16.2. The number of aliphatic imine (C=N–C) groups is 1. The van der Waals surface area contributed by atoms with Gasteiger partial charge in [0.1, 0.15) is 17.5 Å². The Bertz CT molecular complexity index is 1120. The molecule has 178 valence electrons. The van der Waals surface area contributed by atoms with Crippen LogP contribution in [0.15, 0.2) is 65.7 Å². The number of nitrogen functional groups attached to an aromatic ring is 1. The van der Waals surface area contributed by atoms with Gasteiger partial charge < -0.3 is 21.3 Å². The minimum atomic E-state index is 0. The van der Waals surface area contributed by atoms with E-state index >= 15 is 0 Å². The summed E-state index contributed by atoms with van der Waals surface area (Å²) in [5, 5.41) is 21.1. The highest BCUT2D eigenvalue weighted by Gasteiger charge is 2.23. The lowest BCUT2D eigenvalue weighted by atomic mass is 10.1. The monoisotopic (exact) mass is 570 g/mol. The third-order valence-corrected chi connectivity index (χ3v) is 5.86. The van der Waals surface area contributed by atoms with E-state index in [4.69, 9.17) is 5.73 Å². The molecule has 1 aromatic heterocycles. The summed E-state index contributed by atoms with van der Waals surface area (Å²) in [6, 6.07) is 22.7. The molecule has 1 saturated heterocycles. The number of rotatable bonds is 7. The third kappa shape index (κ3) is 5.99. The average molecular weight is 570 g/mol. The van der Waals surface area contributed by atoms with Gasteiger partial charge in [-0.1, -0.05) is 36.4 Å². The summed E-state index contributed by atoms with van der Waals surface area (Å²) in [5.74, 6) is 1.18. The van der Waals surface area contributed by atoms with E-state index in [-0.39, 0.29) is 24.0 Å². The van der Waals surface area contributed by atoms with Gasteiger partial charge in [0.25, 0.3) is 0 Å². The molecule has 4 N–H and O–H groups in total. The van der Waals surface area contributed by atoms with Crippen LogP contribution < -0.4 is 21.3 Å². The summed E-state index contributed by atoms with van der Waals surface area (Å²) in [6.07, 6.45) is 2.53. The van der Waals surface area contributed by atoms with Crippen LogP contribution in [0.25, 0.3) is 5.69 Å². The molecule has 2 heterocycles. The van der Waals surface area contributed by atoms with Gasteiger partial charge in [-0.25, -0.2) is 4.68 Å².